The second kappa shape index (κ2) is 5.70. The van der Waals surface area contributed by atoms with Gasteiger partial charge in [-0.1, -0.05) is 29.3 Å². The van der Waals surface area contributed by atoms with Crippen molar-refractivity contribution in [2.75, 3.05) is 11.1 Å². The van der Waals surface area contributed by atoms with Gasteiger partial charge in [0.15, 0.2) is 0 Å². The molecule has 0 amide bonds. The van der Waals surface area contributed by atoms with Crippen molar-refractivity contribution in [3.63, 3.8) is 0 Å². The number of aromatic amines is 2. The Balaban J connectivity index is 1.73. The normalized spacial score (nSPS) is 11.1. The van der Waals surface area contributed by atoms with Gasteiger partial charge in [-0.15, -0.1) is 5.10 Å². The summed E-state index contributed by atoms with van der Waals surface area (Å²) in [5.41, 5.74) is 8.78. The fourth-order valence-electron chi connectivity index (χ4n) is 2.48. The molecule has 4 rings (SSSR count). The summed E-state index contributed by atoms with van der Waals surface area (Å²) in [4.78, 5) is 3.98. The summed E-state index contributed by atoms with van der Waals surface area (Å²) in [6.45, 7) is 0. The lowest BCUT2D eigenvalue weighted by Crippen LogP contribution is -1.94. The minimum atomic E-state index is 0.222. The number of nitrogens with two attached hydrogens (primary N) is 1. The highest BCUT2D eigenvalue weighted by Crippen LogP contribution is 2.38. The Kier molecular flexibility index (Phi) is 3.51. The molecule has 120 valence electrons. The van der Waals surface area contributed by atoms with Crippen LogP contribution in [0.15, 0.2) is 36.5 Å². The quantitative estimate of drug-likeness (QED) is 0.442. The van der Waals surface area contributed by atoms with E-state index < -0.39 is 0 Å². The first-order valence-corrected chi connectivity index (χ1v) is 7.73. The summed E-state index contributed by atoms with van der Waals surface area (Å²) in [5.74, 6) is 0.562. The Morgan fingerprint density at radius 1 is 1.04 bits per heavy atom. The maximum Gasteiger partial charge on any atom is 0.248 e. The lowest BCUT2D eigenvalue weighted by Gasteiger charge is -2.11. The first-order chi connectivity index (χ1) is 11.6. The van der Waals surface area contributed by atoms with Gasteiger partial charge in [0.1, 0.15) is 0 Å². The van der Waals surface area contributed by atoms with Crippen LogP contribution in [0, 0.1) is 0 Å². The second-order valence-corrected chi connectivity index (χ2v) is 5.97. The van der Waals surface area contributed by atoms with E-state index in [9.17, 15) is 0 Å². The molecule has 0 atom stereocenters. The number of benzene rings is 2. The van der Waals surface area contributed by atoms with Crippen molar-refractivity contribution in [2.45, 2.75) is 0 Å². The topological polar surface area (TPSA) is 108 Å². The van der Waals surface area contributed by atoms with Gasteiger partial charge in [0.25, 0.3) is 0 Å². The van der Waals surface area contributed by atoms with Crippen molar-refractivity contribution >= 4 is 51.7 Å². The number of hydrogen-bond acceptors (Lipinski definition) is 5. The molecule has 0 spiro atoms. The zero-order valence-electron chi connectivity index (χ0n) is 12.1. The molecule has 7 nitrogen and oxygen atoms in total. The summed E-state index contributed by atoms with van der Waals surface area (Å²) in [6.07, 6.45) is 1.75. The van der Waals surface area contributed by atoms with Gasteiger partial charge >= 0.3 is 0 Å². The van der Waals surface area contributed by atoms with Gasteiger partial charge < -0.3 is 11.1 Å². The van der Waals surface area contributed by atoms with Crippen LogP contribution in [0.3, 0.4) is 0 Å². The van der Waals surface area contributed by atoms with Crippen molar-refractivity contribution in [2.24, 2.45) is 0 Å². The number of nitrogens with zero attached hydrogens (tertiary/aromatic N) is 3. The van der Waals surface area contributed by atoms with Gasteiger partial charge in [-0.25, -0.2) is 5.10 Å². The standard InChI is InChI=1S/C15H11Cl2N7/c16-10-4-9(20-15-21-14(18)23-24-15)5-11(17)13(10)7-1-2-12-8(3-7)6-19-22-12/h1-6H,(H,19,22)(H4,18,20,21,23,24). The zero-order valence-corrected chi connectivity index (χ0v) is 13.7. The number of nitrogens with one attached hydrogen (secondary N) is 3. The van der Waals surface area contributed by atoms with Gasteiger partial charge in [-0.05, 0) is 29.8 Å². The van der Waals surface area contributed by atoms with E-state index in [0.29, 0.717) is 21.7 Å². The first-order valence-electron chi connectivity index (χ1n) is 6.97. The van der Waals surface area contributed by atoms with Crippen LogP contribution in [0.25, 0.3) is 22.0 Å². The molecule has 4 aromatic rings. The minimum Gasteiger partial charge on any atom is -0.368 e. The summed E-state index contributed by atoms with van der Waals surface area (Å²) < 4.78 is 0. The largest absolute Gasteiger partial charge is 0.368 e. The van der Waals surface area contributed by atoms with E-state index in [0.717, 1.165) is 22.0 Å². The highest BCUT2D eigenvalue weighted by molar-refractivity contribution is 6.39. The van der Waals surface area contributed by atoms with E-state index in [4.69, 9.17) is 28.9 Å². The smallest absolute Gasteiger partial charge is 0.248 e. The molecular formula is C15H11Cl2N7. The lowest BCUT2D eigenvalue weighted by molar-refractivity contribution is 1.10. The number of nitrogen functional groups attached to an aromatic ring is 1. The van der Waals surface area contributed by atoms with Crippen LogP contribution in [-0.2, 0) is 0 Å². The van der Waals surface area contributed by atoms with Crippen LogP contribution in [0.2, 0.25) is 10.0 Å². The van der Waals surface area contributed by atoms with Crippen LogP contribution >= 0.6 is 23.2 Å². The van der Waals surface area contributed by atoms with E-state index >= 15 is 0 Å². The Bertz CT molecular complexity index is 1010. The van der Waals surface area contributed by atoms with Crippen molar-refractivity contribution in [1.82, 2.24) is 25.4 Å². The van der Waals surface area contributed by atoms with Gasteiger partial charge in [0.05, 0.1) is 21.8 Å². The molecule has 24 heavy (non-hydrogen) atoms. The predicted molar refractivity (Wildman–Crippen MR) is 95.6 cm³/mol. The lowest BCUT2D eigenvalue weighted by atomic mass is 10.0. The Labute approximate surface area is 146 Å². The van der Waals surface area contributed by atoms with Gasteiger partial charge in [0, 0.05) is 16.6 Å². The molecule has 9 heteroatoms. The van der Waals surface area contributed by atoms with Crippen LogP contribution < -0.4 is 11.1 Å². The van der Waals surface area contributed by atoms with E-state index in [2.05, 4.69) is 30.7 Å². The molecule has 0 fully saturated rings. The molecule has 2 heterocycles. The highest BCUT2D eigenvalue weighted by Gasteiger charge is 2.12. The maximum atomic E-state index is 6.44. The average Bonchev–Trinajstić information content (AvgIpc) is 3.15. The molecule has 5 N–H and O–H groups in total. The molecule has 2 aromatic heterocycles. The third-order valence-electron chi connectivity index (χ3n) is 3.53. The highest BCUT2D eigenvalue weighted by atomic mass is 35.5. The zero-order chi connectivity index (χ0) is 16.7. The monoisotopic (exact) mass is 359 g/mol. The number of halogens is 2. The van der Waals surface area contributed by atoms with E-state index in [1.54, 1.807) is 18.3 Å². The number of rotatable bonds is 3. The molecule has 0 saturated heterocycles. The third-order valence-corrected chi connectivity index (χ3v) is 4.13. The van der Waals surface area contributed by atoms with Crippen molar-refractivity contribution in [1.29, 1.82) is 0 Å². The van der Waals surface area contributed by atoms with E-state index in [-0.39, 0.29) is 5.95 Å². The molecule has 0 aliphatic rings. The Morgan fingerprint density at radius 2 is 1.83 bits per heavy atom. The molecule has 0 aliphatic carbocycles. The number of hydrogen-bond donors (Lipinski definition) is 4. The number of anilines is 3. The summed E-state index contributed by atoms with van der Waals surface area (Å²) in [6, 6.07) is 9.38. The van der Waals surface area contributed by atoms with Gasteiger partial charge in [-0.2, -0.15) is 10.1 Å². The van der Waals surface area contributed by atoms with Crippen LogP contribution in [-0.4, -0.2) is 25.4 Å². The minimum absolute atomic E-state index is 0.222. The van der Waals surface area contributed by atoms with Crippen molar-refractivity contribution in [3.8, 4) is 11.1 Å². The van der Waals surface area contributed by atoms with Crippen molar-refractivity contribution < 1.29 is 0 Å². The molecule has 0 saturated carbocycles. The summed E-state index contributed by atoms with van der Waals surface area (Å²) >= 11 is 12.9. The average molecular weight is 360 g/mol. The van der Waals surface area contributed by atoms with Crippen LogP contribution in [0.5, 0.6) is 0 Å². The fraction of sp³-hybridized carbons (Fsp3) is 0. The van der Waals surface area contributed by atoms with Gasteiger partial charge in [0.2, 0.25) is 11.9 Å². The van der Waals surface area contributed by atoms with Crippen molar-refractivity contribution in [3.05, 3.63) is 46.6 Å². The Morgan fingerprint density at radius 3 is 2.54 bits per heavy atom. The number of H-pyrrole nitrogens is 2. The van der Waals surface area contributed by atoms with Gasteiger partial charge in [-0.3, -0.25) is 5.10 Å². The van der Waals surface area contributed by atoms with Crippen LogP contribution in [0.1, 0.15) is 0 Å². The molecule has 2 aromatic carbocycles. The fourth-order valence-corrected chi connectivity index (χ4v) is 3.18. The number of fused-ring (bicyclic) bond motifs is 1. The predicted octanol–water partition coefficient (Wildman–Crippen LogP) is 3.98. The van der Waals surface area contributed by atoms with E-state index in [1.807, 2.05) is 18.2 Å². The maximum absolute atomic E-state index is 6.44. The first kappa shape index (κ1) is 14.8. The Hall–Kier alpha value is -2.77. The third kappa shape index (κ3) is 2.64. The number of aromatic nitrogens is 5. The van der Waals surface area contributed by atoms with Crippen LogP contribution in [0.4, 0.5) is 17.6 Å². The molecular weight excluding hydrogens is 349 g/mol. The van der Waals surface area contributed by atoms with E-state index in [1.165, 1.54) is 0 Å². The summed E-state index contributed by atoms with van der Waals surface area (Å²) in [5, 5.41) is 18.4. The summed E-state index contributed by atoms with van der Waals surface area (Å²) in [7, 11) is 0. The molecule has 0 aliphatic heterocycles. The molecule has 0 bridgehead atoms. The molecule has 0 radical (unpaired) electrons. The molecule has 0 unspecified atom stereocenters. The SMILES string of the molecule is Nc1nc(Nc2cc(Cl)c(-c3ccc4[nH]ncc4c3)c(Cl)c2)n[nH]1. The second-order valence-electron chi connectivity index (χ2n) is 5.16.